The molecule has 0 saturated heterocycles. The first kappa shape index (κ1) is 24.7. The summed E-state index contributed by atoms with van der Waals surface area (Å²) < 4.78 is 17.1. The quantitative estimate of drug-likeness (QED) is 0.139. The minimum atomic E-state index is -1.45. The Balaban J connectivity index is 0.000000238. The first-order chi connectivity index (χ1) is 18.7. The monoisotopic (exact) mass is 673 g/mol. The molecular weight excluding hydrogens is 641 g/mol. The van der Waals surface area contributed by atoms with Crippen LogP contribution in [-0.2, 0) is 26.5 Å². The molecule has 0 bridgehead atoms. The van der Waals surface area contributed by atoms with Gasteiger partial charge in [-0.1, -0.05) is 91.7 Å². The topological polar surface area (TPSA) is 25.8 Å². The Morgan fingerprint density at radius 1 is 0.684 bits per heavy atom. The van der Waals surface area contributed by atoms with Crippen molar-refractivity contribution in [2.45, 2.75) is 27.1 Å². The smallest absolute Gasteiger partial charge is 0.0321 e. The molecule has 4 aromatic carbocycles. The minimum absolute atomic E-state index is 0. The average Bonchev–Trinajstić information content (AvgIpc) is 2.97. The number of pyridine rings is 2. The summed E-state index contributed by atoms with van der Waals surface area (Å²) in [5, 5.41) is 4.72. The minimum Gasteiger partial charge on any atom is -0.305 e. The molecule has 2 nitrogen and oxygen atoms in total. The zero-order chi connectivity index (χ0) is 27.5. The van der Waals surface area contributed by atoms with Crippen LogP contribution in [0.4, 0.5) is 0 Å². The van der Waals surface area contributed by atoms with E-state index in [1.807, 2.05) is 81.4 Å². The fourth-order valence-electron chi connectivity index (χ4n) is 4.26. The molecule has 0 amide bonds. The van der Waals surface area contributed by atoms with Crippen LogP contribution in [0.3, 0.4) is 0 Å². The van der Waals surface area contributed by atoms with Gasteiger partial charge in [-0.05, 0) is 40.7 Å². The Hall–Kier alpha value is -3.65. The van der Waals surface area contributed by atoms with E-state index >= 15 is 0 Å². The van der Waals surface area contributed by atoms with Gasteiger partial charge in [0, 0.05) is 35.2 Å². The van der Waals surface area contributed by atoms with Gasteiger partial charge in [0.05, 0.1) is 0 Å². The van der Waals surface area contributed by atoms with Crippen molar-refractivity contribution in [2.75, 3.05) is 0 Å². The molecule has 3 heteroatoms. The predicted octanol–water partition coefficient (Wildman–Crippen LogP) is 8.99. The summed E-state index contributed by atoms with van der Waals surface area (Å²) in [6.07, 6.45) is 2.03. The second kappa shape index (κ2) is 12.3. The maximum atomic E-state index is 8.53. The summed E-state index contributed by atoms with van der Waals surface area (Å²) in [6, 6.07) is 40.5. The van der Waals surface area contributed by atoms with Gasteiger partial charge in [-0.2, -0.15) is 0 Å². The van der Waals surface area contributed by atoms with E-state index in [2.05, 4.69) is 58.5 Å². The van der Waals surface area contributed by atoms with Crippen molar-refractivity contribution in [1.82, 2.24) is 9.97 Å². The fourth-order valence-corrected chi connectivity index (χ4v) is 4.26. The predicted molar refractivity (Wildman–Crippen MR) is 155 cm³/mol. The molecule has 0 aliphatic rings. The van der Waals surface area contributed by atoms with Crippen LogP contribution in [0.5, 0.6) is 0 Å². The van der Waals surface area contributed by atoms with Gasteiger partial charge in [-0.25, -0.2) is 0 Å². The summed E-state index contributed by atoms with van der Waals surface area (Å²) in [7, 11) is 0. The van der Waals surface area contributed by atoms with E-state index in [9.17, 15) is 0 Å². The number of benzene rings is 4. The van der Waals surface area contributed by atoms with Crippen LogP contribution in [-0.4, -0.2) is 9.97 Å². The van der Waals surface area contributed by atoms with Gasteiger partial charge >= 0.3 is 0 Å². The third-order valence-electron chi connectivity index (χ3n) is 5.88. The Labute approximate surface area is 242 Å². The van der Waals surface area contributed by atoms with Crippen molar-refractivity contribution in [3.05, 3.63) is 133 Å². The van der Waals surface area contributed by atoms with E-state index in [4.69, 9.17) is 2.74 Å². The van der Waals surface area contributed by atoms with E-state index in [1.54, 1.807) is 18.5 Å². The van der Waals surface area contributed by atoms with Gasteiger partial charge < -0.3 is 9.97 Å². The van der Waals surface area contributed by atoms with Gasteiger partial charge in [0.1, 0.15) is 0 Å². The third kappa shape index (κ3) is 6.81. The Morgan fingerprint density at radius 2 is 1.45 bits per heavy atom. The normalized spacial score (nSPS) is 12.1. The molecule has 38 heavy (non-hydrogen) atoms. The van der Waals surface area contributed by atoms with Crippen molar-refractivity contribution in [1.29, 1.82) is 0 Å². The molecule has 0 atom stereocenters. The molecule has 0 aliphatic heterocycles. The van der Waals surface area contributed by atoms with E-state index in [0.717, 1.165) is 33.3 Å². The van der Waals surface area contributed by atoms with Crippen LogP contribution in [0.1, 0.15) is 29.1 Å². The molecule has 2 aromatic heterocycles. The van der Waals surface area contributed by atoms with Crippen LogP contribution in [0.15, 0.2) is 116 Å². The second-order valence-electron chi connectivity index (χ2n) is 9.93. The third-order valence-corrected chi connectivity index (χ3v) is 5.88. The van der Waals surface area contributed by atoms with Gasteiger partial charge in [-0.15, -0.1) is 65.0 Å². The molecule has 0 aliphatic carbocycles. The summed E-state index contributed by atoms with van der Waals surface area (Å²) in [6.45, 7) is 5.75. The number of fused-ring (bicyclic) bond motifs is 3. The van der Waals surface area contributed by atoms with Crippen molar-refractivity contribution in [3.8, 4) is 22.5 Å². The summed E-state index contributed by atoms with van der Waals surface area (Å²) in [5.41, 5.74) is 3.78. The summed E-state index contributed by atoms with van der Waals surface area (Å²) in [4.78, 5) is 8.69. The summed E-state index contributed by atoms with van der Waals surface area (Å²) >= 11 is 0. The zero-order valence-corrected chi connectivity index (χ0v) is 24.1. The number of aromatic nitrogens is 2. The van der Waals surface area contributed by atoms with Crippen molar-refractivity contribution < 1.29 is 22.8 Å². The maximum absolute atomic E-state index is 8.53. The molecule has 1 radical (unpaired) electrons. The molecule has 6 rings (SSSR count). The van der Waals surface area contributed by atoms with Crippen LogP contribution in [0.25, 0.3) is 44.1 Å². The van der Waals surface area contributed by atoms with Gasteiger partial charge in [0.2, 0.25) is 0 Å². The standard InChI is InChI=1S/C24H22N.C11H8N.Ir/c1-24(2,3)16-17-12-13-25-23(14-17)20-10-11-22-19(15-20)9-8-18-6-4-5-7-21(18)22;1-2-6-10(7-3-1)11-8-4-5-9-12-11;/h4-9,11-15H,16H2,1-3H3;1-6,8-9H;/q2*-1;/i16D2;;. The molecule has 191 valence electrons. The molecule has 0 fully saturated rings. The molecule has 0 unspecified atom stereocenters. The Bertz CT molecular complexity index is 1680. The van der Waals surface area contributed by atoms with Gasteiger partial charge in [0.15, 0.2) is 0 Å². The summed E-state index contributed by atoms with van der Waals surface area (Å²) in [5.74, 6) is 0. The molecule has 0 spiro atoms. The molecular formula is C35H30IrN2-2. The number of rotatable bonds is 3. The first-order valence-corrected chi connectivity index (χ1v) is 12.4. The van der Waals surface area contributed by atoms with Crippen molar-refractivity contribution in [3.63, 3.8) is 0 Å². The van der Waals surface area contributed by atoms with Crippen LogP contribution in [0.2, 0.25) is 0 Å². The number of nitrogens with zero attached hydrogens (tertiary/aromatic N) is 2. The molecule has 6 aromatic rings. The van der Waals surface area contributed by atoms with Crippen LogP contribution < -0.4 is 0 Å². The SMILES string of the molecule is [2H]C([2H])(c1ccnc(-c2[c-]cc3c(ccc4ccccc43)c2)c1)C(C)(C)C.[Ir].[c-]1ccccc1-c1ccccn1. The molecule has 0 N–H and O–H groups in total. The van der Waals surface area contributed by atoms with E-state index in [1.165, 1.54) is 10.8 Å². The number of hydrogen-bond donors (Lipinski definition) is 0. The van der Waals surface area contributed by atoms with Gasteiger partial charge in [0.25, 0.3) is 0 Å². The van der Waals surface area contributed by atoms with Gasteiger partial charge in [-0.3, -0.25) is 0 Å². The van der Waals surface area contributed by atoms with Crippen molar-refractivity contribution >= 4 is 21.5 Å². The maximum Gasteiger partial charge on any atom is 0.0321 e. The Morgan fingerprint density at radius 3 is 2.21 bits per heavy atom. The second-order valence-corrected chi connectivity index (χ2v) is 9.93. The van der Waals surface area contributed by atoms with E-state index in [-0.39, 0.29) is 20.1 Å². The number of hydrogen-bond acceptors (Lipinski definition) is 2. The van der Waals surface area contributed by atoms with Crippen LogP contribution in [0, 0.1) is 17.5 Å². The van der Waals surface area contributed by atoms with E-state index < -0.39 is 11.8 Å². The first-order valence-electron chi connectivity index (χ1n) is 13.4. The largest absolute Gasteiger partial charge is 0.305 e. The van der Waals surface area contributed by atoms with Crippen LogP contribution >= 0.6 is 0 Å². The Kier molecular flexibility index (Phi) is 7.96. The fraction of sp³-hybridized carbons (Fsp3) is 0.143. The van der Waals surface area contributed by atoms with Crippen molar-refractivity contribution in [2.24, 2.45) is 5.41 Å². The molecule has 2 heterocycles. The zero-order valence-electron chi connectivity index (χ0n) is 23.7. The average molecular weight is 673 g/mol. The van der Waals surface area contributed by atoms with E-state index in [0.29, 0.717) is 5.56 Å². The molecule has 0 saturated carbocycles.